The number of likely N-dealkylation sites (N-methyl/N-ethyl adjacent to an activating group) is 1. The molecule has 0 saturated carbocycles. The van der Waals surface area contributed by atoms with Crippen molar-refractivity contribution >= 4 is 5.91 Å². The maximum absolute atomic E-state index is 11.5. The zero-order valence-corrected chi connectivity index (χ0v) is 11.2. The molecule has 0 aromatic heterocycles. The normalized spacial score (nSPS) is 12.9. The van der Waals surface area contributed by atoms with E-state index in [2.05, 4.69) is 5.32 Å². The van der Waals surface area contributed by atoms with Crippen LogP contribution in [0.3, 0.4) is 0 Å². The number of amides is 1. The number of nitrogens with one attached hydrogen (secondary N) is 1. The van der Waals surface area contributed by atoms with Crippen LogP contribution in [-0.2, 0) is 9.53 Å². The van der Waals surface area contributed by atoms with Crippen molar-refractivity contribution in [2.45, 2.75) is 45.8 Å². The second kappa shape index (κ2) is 8.53. The van der Waals surface area contributed by atoms with Gasteiger partial charge in [0.15, 0.2) is 0 Å². The molecule has 0 aliphatic heterocycles. The highest BCUT2D eigenvalue weighted by Gasteiger charge is 2.12. The molecule has 0 saturated heterocycles. The van der Waals surface area contributed by atoms with Crippen LogP contribution in [0.25, 0.3) is 0 Å². The molecule has 1 unspecified atom stereocenters. The number of rotatable bonds is 8. The van der Waals surface area contributed by atoms with E-state index in [9.17, 15) is 4.79 Å². The van der Waals surface area contributed by atoms with Gasteiger partial charge in [-0.15, -0.1) is 0 Å². The molecule has 0 radical (unpaired) electrons. The van der Waals surface area contributed by atoms with Crippen LogP contribution in [0.5, 0.6) is 0 Å². The lowest BCUT2D eigenvalue weighted by atomic mass is 10.2. The standard InChI is InChI=1S/C12H26N2O2/c1-10(2)16-9-7-6-8-13-11(3)12(15)14(4)5/h10-11,13H,6-9H2,1-5H3. The molecular formula is C12H26N2O2. The highest BCUT2D eigenvalue weighted by molar-refractivity contribution is 5.80. The molecule has 96 valence electrons. The highest BCUT2D eigenvalue weighted by Crippen LogP contribution is 1.95. The Balaban J connectivity index is 3.41. The molecule has 1 N–H and O–H groups in total. The second-order valence-corrected chi connectivity index (χ2v) is 4.54. The maximum atomic E-state index is 11.5. The summed E-state index contributed by atoms with van der Waals surface area (Å²) in [6.45, 7) is 7.64. The first-order chi connectivity index (χ1) is 7.45. The van der Waals surface area contributed by atoms with Gasteiger partial charge in [0.2, 0.25) is 5.91 Å². The number of unbranched alkanes of at least 4 members (excludes halogenated alkanes) is 1. The monoisotopic (exact) mass is 230 g/mol. The summed E-state index contributed by atoms with van der Waals surface area (Å²) in [5.41, 5.74) is 0. The molecule has 0 fully saturated rings. The molecule has 0 bridgehead atoms. The molecule has 0 spiro atoms. The molecule has 0 aliphatic rings. The number of hydrogen-bond donors (Lipinski definition) is 1. The minimum absolute atomic E-state index is 0.0963. The minimum atomic E-state index is -0.0963. The van der Waals surface area contributed by atoms with Gasteiger partial charge in [-0.1, -0.05) is 0 Å². The SMILES string of the molecule is CC(C)OCCCCNC(C)C(=O)N(C)C. The van der Waals surface area contributed by atoms with Crippen molar-refractivity contribution in [2.75, 3.05) is 27.2 Å². The first kappa shape index (κ1) is 15.4. The zero-order valence-electron chi connectivity index (χ0n) is 11.2. The lowest BCUT2D eigenvalue weighted by Gasteiger charge is -2.17. The van der Waals surface area contributed by atoms with E-state index in [4.69, 9.17) is 4.74 Å². The quantitative estimate of drug-likeness (QED) is 0.638. The number of carbonyl (C=O) groups excluding carboxylic acids is 1. The summed E-state index contributed by atoms with van der Waals surface area (Å²) in [4.78, 5) is 13.1. The number of nitrogens with zero attached hydrogens (tertiary/aromatic N) is 1. The summed E-state index contributed by atoms with van der Waals surface area (Å²) in [5.74, 6) is 0.124. The van der Waals surface area contributed by atoms with Crippen LogP contribution in [0.1, 0.15) is 33.6 Å². The van der Waals surface area contributed by atoms with Gasteiger partial charge >= 0.3 is 0 Å². The van der Waals surface area contributed by atoms with Crippen LogP contribution >= 0.6 is 0 Å². The lowest BCUT2D eigenvalue weighted by Crippen LogP contribution is -2.41. The fourth-order valence-electron chi connectivity index (χ4n) is 1.34. The molecule has 1 atom stereocenters. The highest BCUT2D eigenvalue weighted by atomic mass is 16.5. The third-order valence-electron chi connectivity index (χ3n) is 2.28. The Bertz CT molecular complexity index is 193. The third kappa shape index (κ3) is 7.65. The smallest absolute Gasteiger partial charge is 0.238 e. The Morgan fingerprint density at radius 3 is 2.38 bits per heavy atom. The summed E-state index contributed by atoms with van der Waals surface area (Å²) >= 11 is 0. The first-order valence-corrected chi connectivity index (χ1v) is 6.01. The van der Waals surface area contributed by atoms with Crippen LogP contribution in [0, 0.1) is 0 Å². The zero-order chi connectivity index (χ0) is 12.6. The van der Waals surface area contributed by atoms with Crippen LogP contribution in [0.2, 0.25) is 0 Å². The van der Waals surface area contributed by atoms with Gasteiger partial charge in [-0.2, -0.15) is 0 Å². The molecule has 4 nitrogen and oxygen atoms in total. The molecule has 0 aliphatic carbocycles. The average Bonchev–Trinajstić information content (AvgIpc) is 2.21. The van der Waals surface area contributed by atoms with Crippen molar-refractivity contribution in [3.8, 4) is 0 Å². The number of ether oxygens (including phenoxy) is 1. The molecule has 0 heterocycles. The van der Waals surface area contributed by atoms with Gasteiger partial charge in [-0.05, 0) is 40.2 Å². The summed E-state index contributed by atoms with van der Waals surface area (Å²) in [6, 6.07) is -0.0963. The third-order valence-corrected chi connectivity index (χ3v) is 2.28. The van der Waals surface area contributed by atoms with Crippen molar-refractivity contribution in [1.82, 2.24) is 10.2 Å². The van der Waals surface area contributed by atoms with Gasteiger partial charge in [0.1, 0.15) is 0 Å². The fraction of sp³-hybridized carbons (Fsp3) is 0.917. The molecule has 16 heavy (non-hydrogen) atoms. The lowest BCUT2D eigenvalue weighted by molar-refractivity contribution is -0.130. The Morgan fingerprint density at radius 1 is 1.25 bits per heavy atom. The fourth-order valence-corrected chi connectivity index (χ4v) is 1.34. The Kier molecular flexibility index (Phi) is 8.21. The van der Waals surface area contributed by atoms with Crippen molar-refractivity contribution in [3.05, 3.63) is 0 Å². The number of carbonyl (C=O) groups is 1. The molecule has 4 heteroatoms. The second-order valence-electron chi connectivity index (χ2n) is 4.54. The Hall–Kier alpha value is -0.610. The van der Waals surface area contributed by atoms with E-state index in [-0.39, 0.29) is 11.9 Å². The van der Waals surface area contributed by atoms with Crippen molar-refractivity contribution in [2.24, 2.45) is 0 Å². The van der Waals surface area contributed by atoms with Gasteiger partial charge in [-0.3, -0.25) is 4.79 Å². The topological polar surface area (TPSA) is 41.6 Å². The predicted molar refractivity (Wildman–Crippen MR) is 66.5 cm³/mol. The summed E-state index contributed by atoms with van der Waals surface area (Å²) < 4.78 is 5.43. The summed E-state index contributed by atoms with van der Waals surface area (Å²) in [6.07, 6.45) is 2.38. The van der Waals surface area contributed by atoms with Gasteiger partial charge in [-0.25, -0.2) is 0 Å². The van der Waals surface area contributed by atoms with E-state index < -0.39 is 0 Å². The van der Waals surface area contributed by atoms with E-state index in [1.807, 2.05) is 20.8 Å². The maximum Gasteiger partial charge on any atom is 0.238 e. The van der Waals surface area contributed by atoms with Crippen LogP contribution < -0.4 is 5.32 Å². The Morgan fingerprint density at radius 2 is 1.88 bits per heavy atom. The number of hydrogen-bond acceptors (Lipinski definition) is 3. The molecule has 0 aromatic rings. The van der Waals surface area contributed by atoms with Crippen LogP contribution in [-0.4, -0.2) is 50.2 Å². The van der Waals surface area contributed by atoms with Gasteiger partial charge in [0.25, 0.3) is 0 Å². The largest absolute Gasteiger partial charge is 0.379 e. The Labute approximate surface area is 99.3 Å². The molecule has 0 rings (SSSR count). The van der Waals surface area contributed by atoms with Crippen LogP contribution in [0.15, 0.2) is 0 Å². The van der Waals surface area contributed by atoms with Gasteiger partial charge < -0.3 is 15.0 Å². The van der Waals surface area contributed by atoms with Gasteiger partial charge in [0, 0.05) is 20.7 Å². The van der Waals surface area contributed by atoms with E-state index in [1.54, 1.807) is 19.0 Å². The summed E-state index contributed by atoms with van der Waals surface area (Å²) in [5, 5.41) is 3.21. The van der Waals surface area contributed by atoms with Crippen molar-refractivity contribution < 1.29 is 9.53 Å². The van der Waals surface area contributed by atoms with Gasteiger partial charge in [0.05, 0.1) is 12.1 Å². The minimum Gasteiger partial charge on any atom is -0.379 e. The molecule has 0 aromatic carbocycles. The van der Waals surface area contributed by atoms with Crippen LogP contribution in [0.4, 0.5) is 0 Å². The van der Waals surface area contributed by atoms with E-state index in [1.165, 1.54) is 0 Å². The first-order valence-electron chi connectivity index (χ1n) is 6.01. The molecular weight excluding hydrogens is 204 g/mol. The molecule has 1 amide bonds. The summed E-state index contributed by atoms with van der Waals surface area (Å²) in [7, 11) is 3.55. The predicted octanol–water partition coefficient (Wildman–Crippen LogP) is 1.26. The van der Waals surface area contributed by atoms with E-state index >= 15 is 0 Å². The van der Waals surface area contributed by atoms with E-state index in [0.29, 0.717) is 6.10 Å². The van der Waals surface area contributed by atoms with Crippen molar-refractivity contribution in [1.29, 1.82) is 0 Å². The van der Waals surface area contributed by atoms with Crippen molar-refractivity contribution in [3.63, 3.8) is 0 Å². The average molecular weight is 230 g/mol. The van der Waals surface area contributed by atoms with E-state index in [0.717, 1.165) is 26.0 Å².